The lowest BCUT2D eigenvalue weighted by Crippen LogP contribution is -2.68. The highest BCUT2D eigenvalue weighted by atomic mass is 35.7. The standard InChI is InChI=1S/C35H35N2O5.ClHO4/c1-5-36(6-2)25-12-11-23-17-24-10-9-22-18-27(14-16-28(22)33(24)41-31(23)19-25)40-34-29-15-13-26(37(7-3)8-4)20-32(29)42-35(39)30(34)21-38;2-1(3,4)5/h11-21H,5-10H2,1-4H3;(H,2,3,4,5)/q+1;/p-1. The van der Waals surface area contributed by atoms with E-state index in [1.54, 1.807) is 0 Å². The van der Waals surface area contributed by atoms with Crippen LogP contribution in [0.5, 0.6) is 11.5 Å². The lowest BCUT2D eigenvalue weighted by Gasteiger charge is -2.22. The molecular formula is C35H35ClN2O9. The zero-order valence-electron chi connectivity index (χ0n) is 26.5. The molecule has 2 aromatic carbocycles. The van der Waals surface area contributed by atoms with Crippen LogP contribution in [-0.2, 0) is 12.8 Å². The molecule has 0 amide bonds. The highest BCUT2D eigenvalue weighted by Gasteiger charge is 2.23. The van der Waals surface area contributed by atoms with E-state index in [0.717, 1.165) is 78.3 Å². The fraction of sp³-hybridized carbons (Fsp3) is 0.286. The van der Waals surface area contributed by atoms with E-state index in [-0.39, 0.29) is 11.3 Å². The topological polar surface area (TPSA) is 168 Å². The molecule has 0 unspecified atom stereocenters. The van der Waals surface area contributed by atoms with Crippen molar-refractivity contribution in [3.8, 4) is 34.1 Å². The SMILES string of the molecule is CCN(CC)c1ccc2c(Oc3ccc4c(c3)CCc3cc5ccc(=[N+](CC)CC)cc-5oc3-4)c(C=O)c(=O)oc2c1.[O-][Cl+3]([O-])([O-])[O-]. The summed E-state index contributed by atoms with van der Waals surface area (Å²) in [6.07, 6.45) is 2.17. The van der Waals surface area contributed by atoms with Gasteiger partial charge in [0.25, 0.3) is 0 Å². The van der Waals surface area contributed by atoms with Crippen molar-refractivity contribution in [1.82, 2.24) is 4.58 Å². The van der Waals surface area contributed by atoms with Crippen molar-refractivity contribution in [3.63, 3.8) is 0 Å². The maximum Gasteiger partial charge on any atom is 0.350 e. The average Bonchev–Trinajstić information content (AvgIpc) is 3.04. The molecule has 1 aromatic heterocycles. The van der Waals surface area contributed by atoms with Crippen LogP contribution in [0, 0.1) is 10.2 Å². The highest BCUT2D eigenvalue weighted by molar-refractivity contribution is 5.94. The molecule has 0 radical (unpaired) electrons. The van der Waals surface area contributed by atoms with E-state index in [4.69, 9.17) is 32.2 Å². The molecule has 0 spiro atoms. The minimum Gasteiger partial charge on any atom is -0.456 e. The van der Waals surface area contributed by atoms with Crippen molar-refractivity contribution in [3.05, 3.63) is 93.1 Å². The molecule has 11 nitrogen and oxygen atoms in total. The number of halogens is 1. The van der Waals surface area contributed by atoms with Crippen LogP contribution in [-0.4, -0.2) is 32.5 Å². The van der Waals surface area contributed by atoms with Gasteiger partial charge in [-0.2, -0.15) is 0 Å². The van der Waals surface area contributed by atoms with Gasteiger partial charge in [0.2, 0.25) is 5.36 Å². The molecule has 0 saturated carbocycles. The molecule has 0 atom stereocenters. The largest absolute Gasteiger partial charge is 0.456 e. The van der Waals surface area contributed by atoms with Gasteiger partial charge in [0.05, 0.1) is 11.5 Å². The van der Waals surface area contributed by atoms with Gasteiger partial charge in [0, 0.05) is 42.0 Å². The number of rotatable bonds is 8. The smallest absolute Gasteiger partial charge is 0.350 e. The third-order valence-corrected chi connectivity index (χ3v) is 8.29. The Morgan fingerprint density at radius 1 is 0.872 bits per heavy atom. The Morgan fingerprint density at radius 2 is 1.57 bits per heavy atom. The van der Waals surface area contributed by atoms with E-state index in [1.807, 2.05) is 36.4 Å². The summed E-state index contributed by atoms with van der Waals surface area (Å²) >= 11 is 0. The number of fused-ring (bicyclic) bond motifs is 5. The molecule has 2 heterocycles. The second-order valence-corrected chi connectivity index (χ2v) is 11.7. The van der Waals surface area contributed by atoms with Crippen molar-refractivity contribution in [2.24, 2.45) is 0 Å². The first kappa shape index (κ1) is 33.8. The predicted octanol–water partition coefficient (Wildman–Crippen LogP) is 1.76. The summed E-state index contributed by atoms with van der Waals surface area (Å²) in [4.78, 5) is 26.9. The quantitative estimate of drug-likeness (QED) is 0.136. The van der Waals surface area contributed by atoms with Gasteiger partial charge < -0.3 is 18.5 Å². The minimum atomic E-state index is -4.94. The maximum atomic E-state index is 12.8. The molecule has 0 N–H and O–H groups in total. The minimum absolute atomic E-state index is 0.133. The van der Waals surface area contributed by atoms with Crippen LogP contribution in [0.25, 0.3) is 33.6 Å². The summed E-state index contributed by atoms with van der Waals surface area (Å²) in [5.41, 5.74) is 4.85. The first-order valence-electron chi connectivity index (χ1n) is 15.4. The number of nitrogens with zero attached hydrogens (tertiary/aromatic N) is 2. The third-order valence-electron chi connectivity index (χ3n) is 8.29. The molecule has 0 saturated heterocycles. The van der Waals surface area contributed by atoms with Crippen molar-refractivity contribution in [2.45, 2.75) is 40.5 Å². The van der Waals surface area contributed by atoms with Gasteiger partial charge >= 0.3 is 5.63 Å². The summed E-state index contributed by atoms with van der Waals surface area (Å²) in [5, 5.41) is 1.71. The first-order valence-corrected chi connectivity index (χ1v) is 16.6. The van der Waals surface area contributed by atoms with Gasteiger partial charge in [-0.1, -0.05) is 0 Å². The van der Waals surface area contributed by atoms with E-state index in [0.29, 0.717) is 23.0 Å². The van der Waals surface area contributed by atoms with Crippen LogP contribution in [0.4, 0.5) is 5.69 Å². The Morgan fingerprint density at radius 3 is 2.23 bits per heavy atom. The summed E-state index contributed by atoms with van der Waals surface area (Å²) in [6, 6.07) is 20.1. The summed E-state index contributed by atoms with van der Waals surface area (Å²) in [6.45, 7) is 11.9. The second-order valence-electron chi connectivity index (χ2n) is 10.9. The zero-order valence-corrected chi connectivity index (χ0v) is 27.3. The molecule has 6 rings (SSSR count). The van der Waals surface area contributed by atoms with Crippen LogP contribution in [0.2, 0.25) is 0 Å². The Balaban J connectivity index is 0.000000807. The Bertz CT molecular complexity index is 2010. The fourth-order valence-electron chi connectivity index (χ4n) is 5.98. The van der Waals surface area contributed by atoms with Gasteiger partial charge in [0.1, 0.15) is 41.5 Å². The van der Waals surface area contributed by atoms with E-state index < -0.39 is 15.9 Å². The summed E-state index contributed by atoms with van der Waals surface area (Å²) in [7, 11) is -4.94. The van der Waals surface area contributed by atoms with E-state index in [2.05, 4.69) is 61.4 Å². The molecule has 3 aliphatic rings. The third kappa shape index (κ3) is 7.40. The predicted molar refractivity (Wildman–Crippen MR) is 166 cm³/mol. The molecule has 0 bridgehead atoms. The number of carbonyl (C=O) groups excluding carboxylic acids is 1. The summed E-state index contributed by atoms with van der Waals surface area (Å²) < 4.78 is 54.6. The molecule has 246 valence electrons. The first-order chi connectivity index (χ1) is 22.5. The summed E-state index contributed by atoms with van der Waals surface area (Å²) in [5.74, 6) is 2.48. The van der Waals surface area contributed by atoms with Crippen LogP contribution in [0.1, 0.15) is 49.2 Å². The monoisotopic (exact) mass is 662 g/mol. The van der Waals surface area contributed by atoms with Gasteiger partial charge in [-0.15, -0.1) is 10.2 Å². The average molecular weight is 663 g/mol. The molecule has 1 aliphatic heterocycles. The molecule has 2 aliphatic carbocycles. The number of benzene rings is 3. The lowest BCUT2D eigenvalue weighted by atomic mass is 9.88. The molecule has 0 fully saturated rings. The van der Waals surface area contributed by atoms with E-state index in [1.165, 1.54) is 5.56 Å². The molecule has 12 heteroatoms. The van der Waals surface area contributed by atoms with Crippen LogP contribution >= 0.6 is 0 Å². The molecule has 47 heavy (non-hydrogen) atoms. The van der Waals surface area contributed by atoms with Gasteiger partial charge in [-0.25, -0.2) is 28.0 Å². The maximum absolute atomic E-state index is 12.8. The lowest BCUT2D eigenvalue weighted by molar-refractivity contribution is -2.00. The number of carbonyl (C=O) groups is 1. The van der Waals surface area contributed by atoms with Crippen LogP contribution < -0.4 is 43.8 Å². The number of aryl methyl sites for hydroxylation is 2. The number of hydrogen-bond acceptors (Lipinski definition) is 10. The van der Waals surface area contributed by atoms with Crippen LogP contribution in [0.15, 0.2) is 74.3 Å². The molecule has 3 aromatic rings. The molecular weight excluding hydrogens is 628 g/mol. The normalized spacial score (nSPS) is 12.2. The van der Waals surface area contributed by atoms with E-state index >= 15 is 0 Å². The van der Waals surface area contributed by atoms with Gasteiger partial charge in [-0.05, 0) is 94.1 Å². The van der Waals surface area contributed by atoms with Crippen molar-refractivity contribution >= 4 is 22.9 Å². The highest BCUT2D eigenvalue weighted by Crippen LogP contribution is 2.41. The van der Waals surface area contributed by atoms with Gasteiger partial charge in [-0.3, -0.25) is 4.79 Å². The Kier molecular flexibility index (Phi) is 10.1. The zero-order chi connectivity index (χ0) is 33.9. The Hall–Kier alpha value is -4.52. The number of ether oxygens (including phenoxy) is 1. The van der Waals surface area contributed by atoms with Crippen LogP contribution in [0.3, 0.4) is 0 Å². The van der Waals surface area contributed by atoms with Crippen molar-refractivity contribution < 1.29 is 47.2 Å². The number of anilines is 1. The van der Waals surface area contributed by atoms with Crippen molar-refractivity contribution in [1.29, 1.82) is 0 Å². The van der Waals surface area contributed by atoms with Crippen molar-refractivity contribution in [2.75, 3.05) is 31.1 Å². The Labute approximate surface area is 273 Å². The van der Waals surface area contributed by atoms with Gasteiger partial charge in [0.15, 0.2) is 12.0 Å². The van der Waals surface area contributed by atoms with E-state index in [9.17, 15) is 9.59 Å². The number of hydrogen-bond donors (Lipinski definition) is 0. The number of aldehydes is 1. The fourth-order valence-corrected chi connectivity index (χ4v) is 5.98. The second kappa shape index (κ2) is 14.1.